The summed E-state index contributed by atoms with van der Waals surface area (Å²) in [5.74, 6) is 0.337. The summed E-state index contributed by atoms with van der Waals surface area (Å²) in [6.45, 7) is 31.5. The van der Waals surface area contributed by atoms with Gasteiger partial charge in [-0.15, -0.1) is 0 Å². The van der Waals surface area contributed by atoms with Crippen molar-refractivity contribution < 1.29 is 23.1 Å². The average Bonchev–Trinajstić information content (AvgIpc) is 3.03. The molecule has 0 saturated heterocycles. The first-order chi connectivity index (χ1) is 23.3. The monoisotopic (exact) mass is 725 g/mol. The molecule has 1 amide bonds. The second kappa shape index (κ2) is 20.1. The number of carbonyl (C=O) groups excluding carboxylic acids is 1. The maximum absolute atomic E-state index is 12.7. The fourth-order valence-corrected chi connectivity index (χ4v) is 8.37. The number of alkyl carbamates (subject to hydrolysis) is 1. The minimum absolute atomic E-state index is 0.0142. The summed E-state index contributed by atoms with van der Waals surface area (Å²) < 4.78 is 26.4. The molecule has 0 spiro atoms. The molecule has 2 aromatic carbocycles. The van der Waals surface area contributed by atoms with Crippen LogP contribution in [-0.2, 0) is 31.5 Å². The van der Waals surface area contributed by atoms with E-state index in [1.54, 1.807) is 0 Å². The van der Waals surface area contributed by atoms with Gasteiger partial charge in [0.1, 0.15) is 6.61 Å². The number of nitrogens with one attached hydrogen (secondary N) is 1. The summed E-state index contributed by atoms with van der Waals surface area (Å²) in [4.78, 5) is 12.7. The molecule has 50 heavy (non-hydrogen) atoms. The van der Waals surface area contributed by atoms with Crippen LogP contribution < -0.4 is 5.32 Å². The van der Waals surface area contributed by atoms with Gasteiger partial charge in [0.2, 0.25) is 0 Å². The maximum Gasteiger partial charge on any atom is 0.407 e. The Bertz CT molecular complexity index is 1270. The Hall–Kier alpha value is -2.24. The van der Waals surface area contributed by atoms with Crippen LogP contribution in [0.15, 0.2) is 72.8 Å². The first kappa shape index (κ1) is 43.9. The first-order valence-corrected chi connectivity index (χ1v) is 24.7. The molecule has 2 aromatic rings. The van der Waals surface area contributed by atoms with Crippen LogP contribution >= 0.6 is 0 Å². The highest BCUT2D eigenvalue weighted by Crippen LogP contribution is 2.42. The van der Waals surface area contributed by atoms with Gasteiger partial charge in [-0.3, -0.25) is 0 Å². The van der Waals surface area contributed by atoms with Crippen LogP contribution in [0.2, 0.25) is 36.3 Å². The van der Waals surface area contributed by atoms with Gasteiger partial charge in [0.05, 0.1) is 31.5 Å². The molecule has 5 atom stereocenters. The van der Waals surface area contributed by atoms with Crippen molar-refractivity contribution in [2.75, 3.05) is 6.61 Å². The molecular formula is C42H71NO5Si2. The van der Waals surface area contributed by atoms with Crippen LogP contribution in [0, 0.1) is 11.8 Å². The third-order valence-electron chi connectivity index (χ3n) is 10.7. The Kier molecular flexibility index (Phi) is 17.7. The van der Waals surface area contributed by atoms with E-state index in [1.807, 2.05) is 36.4 Å². The van der Waals surface area contributed by atoms with Gasteiger partial charge < -0.3 is 23.6 Å². The van der Waals surface area contributed by atoms with Gasteiger partial charge in [-0.2, -0.15) is 0 Å². The Labute approximate surface area is 308 Å². The minimum Gasteiger partial charge on any atom is -0.445 e. The van der Waals surface area contributed by atoms with Gasteiger partial charge in [-0.1, -0.05) is 142 Å². The van der Waals surface area contributed by atoms with Crippen molar-refractivity contribution in [1.82, 2.24) is 5.32 Å². The van der Waals surface area contributed by atoms with Crippen LogP contribution in [0.5, 0.6) is 0 Å². The van der Waals surface area contributed by atoms with Crippen molar-refractivity contribution >= 4 is 22.7 Å². The molecule has 0 radical (unpaired) electrons. The smallest absolute Gasteiger partial charge is 0.407 e. The average molecular weight is 726 g/mol. The van der Waals surface area contributed by atoms with Crippen molar-refractivity contribution in [3.63, 3.8) is 0 Å². The van der Waals surface area contributed by atoms with Crippen LogP contribution in [0.3, 0.4) is 0 Å². The van der Waals surface area contributed by atoms with Gasteiger partial charge in [0.15, 0.2) is 16.6 Å². The second-order valence-electron chi connectivity index (χ2n) is 17.2. The van der Waals surface area contributed by atoms with E-state index in [9.17, 15) is 4.79 Å². The lowest BCUT2D eigenvalue weighted by atomic mass is 9.88. The summed E-state index contributed by atoms with van der Waals surface area (Å²) in [6, 6.07) is 20.1. The minimum atomic E-state index is -2.11. The number of hydrogen-bond acceptors (Lipinski definition) is 5. The predicted octanol–water partition coefficient (Wildman–Crippen LogP) is 11.7. The van der Waals surface area contributed by atoms with E-state index in [-0.39, 0.29) is 52.9 Å². The quantitative estimate of drug-likeness (QED) is 0.109. The number of benzene rings is 2. The van der Waals surface area contributed by atoms with E-state index in [4.69, 9.17) is 18.3 Å². The van der Waals surface area contributed by atoms with Crippen LogP contribution in [-0.4, -0.2) is 47.6 Å². The normalized spacial score (nSPS) is 16.1. The van der Waals surface area contributed by atoms with E-state index in [2.05, 4.69) is 130 Å². The number of carbonyl (C=O) groups is 1. The van der Waals surface area contributed by atoms with Crippen molar-refractivity contribution in [3.8, 4) is 0 Å². The Morgan fingerprint density at radius 2 is 1.30 bits per heavy atom. The zero-order chi connectivity index (χ0) is 37.6. The molecule has 0 aromatic heterocycles. The Balaban J connectivity index is 2.25. The summed E-state index contributed by atoms with van der Waals surface area (Å²) in [6.07, 6.45) is 7.47. The number of amides is 1. The number of hydrogen-bond donors (Lipinski definition) is 1. The molecule has 1 N–H and O–H groups in total. The number of allylic oxidation sites excluding steroid dienone is 1. The molecule has 0 aliphatic rings. The van der Waals surface area contributed by atoms with Gasteiger partial charge in [0, 0.05) is 11.8 Å². The fraction of sp³-hybridized carbons (Fsp3) is 0.643. The van der Waals surface area contributed by atoms with E-state index in [0.29, 0.717) is 13.2 Å². The van der Waals surface area contributed by atoms with Crippen molar-refractivity contribution in [2.24, 2.45) is 11.8 Å². The molecule has 0 fully saturated rings. The lowest BCUT2D eigenvalue weighted by molar-refractivity contribution is -0.0256. The molecule has 0 saturated carbocycles. The first-order valence-electron chi connectivity index (χ1n) is 18.9. The molecule has 0 bridgehead atoms. The van der Waals surface area contributed by atoms with Crippen LogP contribution in [0.4, 0.5) is 4.79 Å². The van der Waals surface area contributed by atoms with Gasteiger partial charge in [-0.25, -0.2) is 4.79 Å². The zero-order valence-corrected chi connectivity index (χ0v) is 35.8. The molecule has 0 aliphatic heterocycles. The van der Waals surface area contributed by atoms with Gasteiger partial charge in [0.25, 0.3) is 0 Å². The van der Waals surface area contributed by atoms with E-state index >= 15 is 0 Å². The molecule has 0 aliphatic carbocycles. The number of ether oxygens (including phenoxy) is 2. The van der Waals surface area contributed by atoms with Crippen molar-refractivity contribution in [2.45, 2.75) is 156 Å². The summed E-state index contributed by atoms with van der Waals surface area (Å²) >= 11 is 0. The molecule has 2 rings (SSSR count). The van der Waals surface area contributed by atoms with Crippen molar-refractivity contribution in [1.29, 1.82) is 0 Å². The van der Waals surface area contributed by atoms with E-state index < -0.39 is 16.6 Å². The fourth-order valence-electron chi connectivity index (χ4n) is 5.45. The molecule has 0 heterocycles. The highest BCUT2D eigenvalue weighted by atomic mass is 28.4. The Morgan fingerprint density at radius 3 is 1.82 bits per heavy atom. The lowest BCUT2D eigenvalue weighted by Gasteiger charge is -2.46. The summed E-state index contributed by atoms with van der Waals surface area (Å²) in [5, 5.41) is 3.22. The van der Waals surface area contributed by atoms with E-state index in [0.717, 1.165) is 31.2 Å². The van der Waals surface area contributed by atoms with Crippen molar-refractivity contribution in [3.05, 3.63) is 83.9 Å². The van der Waals surface area contributed by atoms with Gasteiger partial charge >= 0.3 is 6.09 Å². The molecule has 0 unspecified atom stereocenters. The number of rotatable bonds is 20. The zero-order valence-electron chi connectivity index (χ0n) is 33.8. The summed E-state index contributed by atoms with van der Waals surface area (Å²) in [5.41, 5.74) is 2.15. The van der Waals surface area contributed by atoms with E-state index in [1.165, 1.54) is 5.56 Å². The SMILES string of the molecule is CCC[C@H](/C=C\CC[C@@H](O[Si](C)(C)C(C)(C)C)[C@@H](C)[C@H](O[Si](C)(C)C(C)(C)C)[C@H](C)COCc1ccccc1)NC(=O)OCc1ccccc1. The van der Waals surface area contributed by atoms with Gasteiger partial charge in [-0.05, 0) is 66.7 Å². The molecule has 6 nitrogen and oxygen atoms in total. The van der Waals surface area contributed by atoms with Crippen LogP contribution in [0.25, 0.3) is 0 Å². The Morgan fingerprint density at radius 1 is 0.780 bits per heavy atom. The van der Waals surface area contributed by atoms with Crippen LogP contribution in [0.1, 0.15) is 99.1 Å². The molecule has 282 valence electrons. The summed E-state index contributed by atoms with van der Waals surface area (Å²) in [7, 11) is -4.21. The highest BCUT2D eigenvalue weighted by molar-refractivity contribution is 6.74. The standard InChI is InChI=1S/C42H71NO5Si2/c1-14-23-37(43-40(44)46-32-36-26-19-16-20-27-36)28-21-22-29-38(47-49(10,11)41(4,5)6)34(3)39(48-50(12,13)42(7,8)9)33(2)30-45-31-35-24-17-15-18-25-35/h15-21,24-28,33-34,37-39H,14,22-23,29-32H2,1-13H3,(H,43,44)/b28-21-/t33-,34-,37-,38-,39-/m1/s1. The second-order valence-corrected chi connectivity index (χ2v) is 26.7. The third-order valence-corrected chi connectivity index (χ3v) is 19.7. The third kappa shape index (κ3) is 14.8. The highest BCUT2D eigenvalue weighted by Gasteiger charge is 2.45. The lowest BCUT2D eigenvalue weighted by Crippen LogP contribution is -2.52. The largest absolute Gasteiger partial charge is 0.445 e. The predicted molar refractivity (Wildman–Crippen MR) is 215 cm³/mol. The topological polar surface area (TPSA) is 66.0 Å². The maximum atomic E-state index is 12.7. The molecule has 8 heteroatoms. The molecular weight excluding hydrogens is 655 g/mol.